The van der Waals surface area contributed by atoms with E-state index in [9.17, 15) is 31.2 Å². The number of sulfone groups is 1. The Bertz CT molecular complexity index is 845. The number of halogens is 4. The lowest BCUT2D eigenvalue weighted by atomic mass is 10.2. The maximum atomic E-state index is 12.8. The summed E-state index contributed by atoms with van der Waals surface area (Å²) < 4.78 is 61.2. The second-order valence-electron chi connectivity index (χ2n) is 6.12. The van der Waals surface area contributed by atoms with E-state index < -0.39 is 50.6 Å². The molecule has 3 N–H and O–H groups in total. The van der Waals surface area contributed by atoms with Crippen LogP contribution in [0.25, 0.3) is 0 Å². The number of amides is 3. The van der Waals surface area contributed by atoms with Gasteiger partial charge in [0.1, 0.15) is 6.04 Å². The van der Waals surface area contributed by atoms with E-state index in [-0.39, 0.29) is 23.6 Å². The number of hydrogen-bond donors (Lipinski definition) is 3. The number of carbonyl (C=O) groups excluding carboxylic acids is 2. The van der Waals surface area contributed by atoms with Crippen LogP contribution in [-0.2, 0) is 20.8 Å². The maximum Gasteiger partial charge on any atom is 0.417 e. The van der Waals surface area contributed by atoms with Crippen LogP contribution in [0.1, 0.15) is 18.9 Å². The molecular weight excluding hydrogens is 411 g/mol. The second-order valence-corrected chi connectivity index (χ2v) is 8.76. The van der Waals surface area contributed by atoms with Crippen molar-refractivity contribution in [3.8, 4) is 0 Å². The summed E-state index contributed by atoms with van der Waals surface area (Å²) in [6, 6.07) is 0.531. The van der Waals surface area contributed by atoms with Gasteiger partial charge in [0, 0.05) is 11.7 Å². The Morgan fingerprint density at radius 3 is 2.52 bits per heavy atom. The molecule has 3 amide bonds. The predicted octanol–water partition coefficient (Wildman–Crippen LogP) is 2.17. The van der Waals surface area contributed by atoms with Crippen molar-refractivity contribution in [1.29, 1.82) is 0 Å². The van der Waals surface area contributed by atoms with Gasteiger partial charge in [-0.2, -0.15) is 13.2 Å². The normalized spacial score (nSPS) is 20.0. The van der Waals surface area contributed by atoms with E-state index in [1.54, 1.807) is 0 Å². The molecule has 1 aliphatic rings. The van der Waals surface area contributed by atoms with Crippen molar-refractivity contribution >= 4 is 39.1 Å². The van der Waals surface area contributed by atoms with Gasteiger partial charge in [-0.15, -0.1) is 0 Å². The molecule has 0 bridgehead atoms. The minimum Gasteiger partial charge on any atom is -0.334 e. The van der Waals surface area contributed by atoms with Gasteiger partial charge in [-0.05, 0) is 31.5 Å². The summed E-state index contributed by atoms with van der Waals surface area (Å²) in [4.78, 5) is 23.9. The van der Waals surface area contributed by atoms with Gasteiger partial charge in [0.2, 0.25) is 5.91 Å². The lowest BCUT2D eigenvalue weighted by Gasteiger charge is -2.17. The van der Waals surface area contributed by atoms with Gasteiger partial charge in [-0.1, -0.05) is 11.6 Å². The molecule has 1 aliphatic heterocycles. The standard InChI is InChI=1S/C15H17ClF3N3O4S/c1-8(20-14(24)22-10-4-5-27(25,26)7-10)13(23)21-9-2-3-12(16)11(6-9)15(17,18)19/h2-3,6,8,10H,4-5,7H2,1H3,(H,21,23)(H2,20,22,24)/t8-,10?/m1/s1. The molecule has 1 aromatic carbocycles. The van der Waals surface area contributed by atoms with Crippen LogP contribution in [-0.4, -0.2) is 43.9 Å². The molecule has 1 saturated heterocycles. The molecule has 2 rings (SSSR count). The lowest BCUT2D eigenvalue weighted by Crippen LogP contribution is -2.49. The number of hydrogen-bond acceptors (Lipinski definition) is 4. The molecule has 1 heterocycles. The first-order valence-electron chi connectivity index (χ1n) is 7.82. The van der Waals surface area contributed by atoms with Crippen molar-refractivity contribution in [3.63, 3.8) is 0 Å². The van der Waals surface area contributed by atoms with E-state index in [1.165, 1.54) is 13.0 Å². The van der Waals surface area contributed by atoms with E-state index in [2.05, 4.69) is 16.0 Å². The van der Waals surface area contributed by atoms with E-state index >= 15 is 0 Å². The Hall–Kier alpha value is -2.01. The fourth-order valence-corrected chi connectivity index (χ4v) is 4.37. The van der Waals surface area contributed by atoms with Crippen LogP contribution in [0.15, 0.2) is 18.2 Å². The van der Waals surface area contributed by atoms with Gasteiger partial charge >= 0.3 is 12.2 Å². The molecule has 150 valence electrons. The summed E-state index contributed by atoms with van der Waals surface area (Å²) in [5.41, 5.74) is -1.23. The Balaban J connectivity index is 1.93. The summed E-state index contributed by atoms with van der Waals surface area (Å²) in [7, 11) is -3.17. The Morgan fingerprint density at radius 2 is 1.96 bits per heavy atom. The maximum absolute atomic E-state index is 12.8. The molecule has 7 nitrogen and oxygen atoms in total. The molecule has 0 aliphatic carbocycles. The average molecular weight is 428 g/mol. The third-order valence-corrected chi connectivity index (χ3v) is 5.95. The molecule has 1 fully saturated rings. The van der Waals surface area contributed by atoms with Crippen LogP contribution >= 0.6 is 11.6 Å². The first-order chi connectivity index (χ1) is 12.4. The predicted molar refractivity (Wildman–Crippen MR) is 93.3 cm³/mol. The van der Waals surface area contributed by atoms with Crippen LogP contribution in [0.4, 0.5) is 23.7 Å². The molecule has 0 radical (unpaired) electrons. The van der Waals surface area contributed by atoms with Gasteiger partial charge in [0.25, 0.3) is 0 Å². The van der Waals surface area contributed by atoms with Crippen molar-refractivity contribution < 1.29 is 31.2 Å². The van der Waals surface area contributed by atoms with Gasteiger partial charge in [-0.3, -0.25) is 4.79 Å². The highest BCUT2D eigenvalue weighted by Crippen LogP contribution is 2.36. The lowest BCUT2D eigenvalue weighted by molar-refractivity contribution is -0.137. The molecule has 27 heavy (non-hydrogen) atoms. The zero-order chi connectivity index (χ0) is 20.4. The van der Waals surface area contributed by atoms with E-state index in [4.69, 9.17) is 11.6 Å². The van der Waals surface area contributed by atoms with Crippen LogP contribution in [0.5, 0.6) is 0 Å². The number of rotatable bonds is 4. The summed E-state index contributed by atoms with van der Waals surface area (Å²) in [5.74, 6) is -0.947. The third kappa shape index (κ3) is 5.99. The van der Waals surface area contributed by atoms with Crippen molar-refractivity contribution in [2.24, 2.45) is 0 Å². The third-order valence-electron chi connectivity index (χ3n) is 3.85. The summed E-state index contributed by atoms with van der Waals surface area (Å²) in [5, 5.41) is 6.51. The zero-order valence-corrected chi connectivity index (χ0v) is 15.6. The molecular formula is C15H17ClF3N3O4S. The fourth-order valence-electron chi connectivity index (χ4n) is 2.47. The van der Waals surface area contributed by atoms with E-state index in [1.807, 2.05) is 0 Å². The monoisotopic (exact) mass is 427 g/mol. The highest BCUT2D eigenvalue weighted by Gasteiger charge is 2.33. The summed E-state index contributed by atoms with van der Waals surface area (Å²) >= 11 is 5.51. The van der Waals surface area contributed by atoms with Crippen LogP contribution in [0, 0.1) is 0 Å². The fraction of sp³-hybridized carbons (Fsp3) is 0.467. The van der Waals surface area contributed by atoms with Gasteiger partial charge in [0.15, 0.2) is 9.84 Å². The molecule has 1 unspecified atom stereocenters. The highest BCUT2D eigenvalue weighted by atomic mass is 35.5. The Labute approximate surface area is 158 Å². The summed E-state index contributed by atoms with van der Waals surface area (Å²) in [6.45, 7) is 1.33. The Kier molecular flexibility index (Phi) is 6.25. The number of benzene rings is 1. The van der Waals surface area contributed by atoms with Gasteiger partial charge in [0.05, 0.1) is 22.1 Å². The molecule has 2 atom stereocenters. The minimum absolute atomic E-state index is 0.0217. The SMILES string of the molecule is C[C@@H](NC(=O)NC1CCS(=O)(=O)C1)C(=O)Nc1ccc(Cl)c(C(F)(F)F)c1. The number of carbonyl (C=O) groups is 2. The number of alkyl halides is 3. The largest absolute Gasteiger partial charge is 0.417 e. The van der Waals surface area contributed by atoms with Crippen molar-refractivity contribution in [3.05, 3.63) is 28.8 Å². The molecule has 1 aromatic rings. The van der Waals surface area contributed by atoms with Crippen LogP contribution < -0.4 is 16.0 Å². The molecule has 0 spiro atoms. The first-order valence-corrected chi connectivity index (χ1v) is 10.0. The number of urea groups is 1. The van der Waals surface area contributed by atoms with Crippen LogP contribution in [0.3, 0.4) is 0 Å². The van der Waals surface area contributed by atoms with E-state index in [0.29, 0.717) is 6.07 Å². The summed E-state index contributed by atoms with van der Waals surface area (Å²) in [6.07, 6.45) is -4.40. The van der Waals surface area contributed by atoms with Crippen LogP contribution in [0.2, 0.25) is 5.02 Å². The average Bonchev–Trinajstić information content (AvgIpc) is 2.86. The smallest absolute Gasteiger partial charge is 0.334 e. The minimum atomic E-state index is -4.68. The van der Waals surface area contributed by atoms with Crippen molar-refractivity contribution in [2.45, 2.75) is 31.6 Å². The van der Waals surface area contributed by atoms with E-state index in [0.717, 1.165) is 6.07 Å². The molecule has 12 heteroatoms. The van der Waals surface area contributed by atoms with Gasteiger partial charge in [-0.25, -0.2) is 13.2 Å². The highest BCUT2D eigenvalue weighted by molar-refractivity contribution is 7.91. The molecule has 0 saturated carbocycles. The molecule has 0 aromatic heterocycles. The second kappa shape index (κ2) is 7.93. The quantitative estimate of drug-likeness (QED) is 0.685. The van der Waals surface area contributed by atoms with Gasteiger partial charge < -0.3 is 16.0 Å². The van der Waals surface area contributed by atoms with Crippen molar-refractivity contribution in [2.75, 3.05) is 16.8 Å². The van der Waals surface area contributed by atoms with Crippen molar-refractivity contribution in [1.82, 2.24) is 10.6 Å². The first kappa shape index (κ1) is 21.3. The number of nitrogens with one attached hydrogen (secondary N) is 3. The Morgan fingerprint density at radius 1 is 1.30 bits per heavy atom. The topological polar surface area (TPSA) is 104 Å². The zero-order valence-electron chi connectivity index (χ0n) is 14.1. The number of anilines is 1.